The van der Waals surface area contributed by atoms with Gasteiger partial charge in [-0.3, -0.25) is 0 Å². The zero-order valence-electron chi connectivity index (χ0n) is 6.97. The highest BCUT2D eigenvalue weighted by molar-refractivity contribution is 7.93. The first-order valence-electron chi connectivity index (χ1n) is 4.11. The lowest BCUT2D eigenvalue weighted by Gasteiger charge is -2.10. The van der Waals surface area contributed by atoms with Crippen molar-refractivity contribution in [2.45, 2.75) is 39.5 Å². The Morgan fingerprint density at radius 1 is 1.40 bits per heavy atom. The maximum Gasteiger partial charge on any atom is 0.0223 e. The van der Waals surface area contributed by atoms with Crippen LogP contribution in [0.3, 0.4) is 0 Å². The van der Waals surface area contributed by atoms with E-state index in [1.807, 2.05) is 0 Å². The van der Waals surface area contributed by atoms with E-state index in [9.17, 15) is 0 Å². The summed E-state index contributed by atoms with van der Waals surface area (Å²) in [6.07, 6.45) is 5.06. The fraction of sp³-hybridized carbons (Fsp3) is 1.00. The minimum absolute atomic E-state index is 0.731. The van der Waals surface area contributed by atoms with Gasteiger partial charge in [0.25, 0.3) is 0 Å². The second-order valence-electron chi connectivity index (χ2n) is 2.71. The number of hydrogen-bond donors (Lipinski definition) is 1. The summed E-state index contributed by atoms with van der Waals surface area (Å²) in [5.41, 5.74) is 0. The lowest BCUT2D eigenvalue weighted by Crippen LogP contribution is -2.01. The van der Waals surface area contributed by atoms with Gasteiger partial charge in [0, 0.05) is 5.75 Å². The second-order valence-corrected chi connectivity index (χ2v) is 3.30. The molecule has 1 atom stereocenters. The maximum atomic E-state index is 8.58. The molecule has 0 fully saturated rings. The minimum Gasteiger partial charge on any atom is -0.330 e. The Kier molecular flexibility index (Phi) is 7.65. The third-order valence-corrected chi connectivity index (χ3v) is 2.47. The third kappa shape index (κ3) is 5.12. The summed E-state index contributed by atoms with van der Waals surface area (Å²) in [6, 6.07) is 0. The smallest absolute Gasteiger partial charge is 0.0223 e. The maximum absolute atomic E-state index is 8.58. The Morgan fingerprint density at radius 3 is 2.50 bits per heavy atom. The Hall–Kier alpha value is 0.310. The van der Waals surface area contributed by atoms with Crippen LogP contribution in [0.5, 0.6) is 0 Å². The number of hydrogen-bond acceptors (Lipinski definition) is 2. The summed E-state index contributed by atoms with van der Waals surface area (Å²) < 4.78 is 8.58. The van der Waals surface area contributed by atoms with E-state index < -0.39 is 0 Å². The molecule has 0 spiro atoms. The Bertz CT molecular complexity index is 66.3. The molecule has 1 unspecified atom stereocenters. The molecule has 0 aromatic rings. The van der Waals surface area contributed by atoms with Crippen LogP contribution in [-0.2, 0) is 0 Å². The molecule has 0 aliphatic rings. The van der Waals surface area contributed by atoms with E-state index in [4.69, 9.17) is 4.55 Å². The molecule has 0 amide bonds. The Balaban J connectivity index is 3.21. The predicted molar refractivity (Wildman–Crippen MR) is 48.4 cm³/mol. The van der Waals surface area contributed by atoms with Gasteiger partial charge < -0.3 is 4.55 Å². The monoisotopic (exact) mass is 162 g/mol. The zero-order chi connectivity index (χ0) is 7.82. The van der Waals surface area contributed by atoms with Gasteiger partial charge in [-0.1, -0.05) is 33.1 Å². The standard InChI is InChI=1S/C8H18OS/c1-3-5-6-8(4-2)7-10-9/h8-9H,3-7H2,1-2H3. The van der Waals surface area contributed by atoms with Crippen molar-refractivity contribution in [3.05, 3.63) is 0 Å². The Morgan fingerprint density at radius 2 is 2.10 bits per heavy atom. The molecule has 1 N–H and O–H groups in total. The molecule has 1 nitrogen and oxygen atoms in total. The topological polar surface area (TPSA) is 20.2 Å². The van der Waals surface area contributed by atoms with Gasteiger partial charge in [-0.25, -0.2) is 0 Å². The van der Waals surface area contributed by atoms with Crippen molar-refractivity contribution in [2.75, 3.05) is 5.75 Å². The molecule has 0 heterocycles. The largest absolute Gasteiger partial charge is 0.330 e. The van der Waals surface area contributed by atoms with Crippen LogP contribution in [0.2, 0.25) is 0 Å². The SMILES string of the molecule is CCCCC(CC)CSO. The molecule has 2 heteroatoms. The molecule has 0 rings (SSSR count). The second kappa shape index (κ2) is 7.42. The molecular formula is C8H18OS. The average Bonchev–Trinajstić information content (AvgIpc) is 1.98. The van der Waals surface area contributed by atoms with Crippen molar-refractivity contribution in [3.63, 3.8) is 0 Å². The summed E-state index contributed by atoms with van der Waals surface area (Å²) in [5.74, 6) is 1.64. The van der Waals surface area contributed by atoms with E-state index in [2.05, 4.69) is 13.8 Å². The molecule has 0 aliphatic heterocycles. The molecular weight excluding hydrogens is 144 g/mol. The first kappa shape index (κ1) is 10.3. The molecule has 0 aliphatic carbocycles. The Labute approximate surface area is 68.4 Å². The first-order valence-corrected chi connectivity index (χ1v) is 5.05. The summed E-state index contributed by atoms with van der Waals surface area (Å²) >= 11 is 0.985. The van der Waals surface area contributed by atoms with Crippen LogP contribution in [0.1, 0.15) is 39.5 Å². The van der Waals surface area contributed by atoms with Crippen LogP contribution < -0.4 is 0 Å². The van der Waals surface area contributed by atoms with Crippen LogP contribution in [0.15, 0.2) is 0 Å². The van der Waals surface area contributed by atoms with Gasteiger partial charge in [0.2, 0.25) is 0 Å². The highest BCUT2D eigenvalue weighted by Gasteiger charge is 2.03. The summed E-state index contributed by atoms with van der Waals surface area (Å²) in [4.78, 5) is 0. The summed E-state index contributed by atoms with van der Waals surface area (Å²) in [6.45, 7) is 4.40. The van der Waals surface area contributed by atoms with Gasteiger partial charge in [0.1, 0.15) is 0 Å². The summed E-state index contributed by atoms with van der Waals surface area (Å²) in [7, 11) is 0. The third-order valence-electron chi connectivity index (χ3n) is 1.85. The molecule has 0 aromatic heterocycles. The highest BCUT2D eigenvalue weighted by Crippen LogP contribution is 2.16. The highest BCUT2D eigenvalue weighted by atomic mass is 32.2. The van der Waals surface area contributed by atoms with Crippen LogP contribution in [-0.4, -0.2) is 10.3 Å². The fourth-order valence-electron chi connectivity index (χ4n) is 1.00. The van der Waals surface area contributed by atoms with Crippen molar-refractivity contribution < 1.29 is 4.55 Å². The van der Waals surface area contributed by atoms with Crippen LogP contribution in [0.4, 0.5) is 0 Å². The van der Waals surface area contributed by atoms with E-state index in [1.54, 1.807) is 0 Å². The van der Waals surface area contributed by atoms with Crippen LogP contribution in [0.25, 0.3) is 0 Å². The van der Waals surface area contributed by atoms with Gasteiger partial charge >= 0.3 is 0 Å². The van der Waals surface area contributed by atoms with Crippen molar-refractivity contribution >= 4 is 12.0 Å². The van der Waals surface area contributed by atoms with E-state index >= 15 is 0 Å². The number of rotatable bonds is 6. The molecule has 0 aromatic carbocycles. The molecule has 0 radical (unpaired) electrons. The molecule has 62 valence electrons. The van der Waals surface area contributed by atoms with E-state index in [1.165, 1.54) is 25.7 Å². The minimum atomic E-state index is 0.731. The summed E-state index contributed by atoms with van der Waals surface area (Å²) in [5, 5.41) is 0. The van der Waals surface area contributed by atoms with Gasteiger partial charge in [-0.15, -0.1) is 0 Å². The van der Waals surface area contributed by atoms with Gasteiger partial charge in [0.05, 0.1) is 0 Å². The lowest BCUT2D eigenvalue weighted by molar-refractivity contribution is 0.492. The molecule has 0 bridgehead atoms. The first-order chi connectivity index (χ1) is 4.85. The van der Waals surface area contributed by atoms with E-state index in [-0.39, 0.29) is 0 Å². The molecule has 0 saturated heterocycles. The fourth-order valence-corrected chi connectivity index (χ4v) is 1.62. The van der Waals surface area contributed by atoms with Crippen molar-refractivity contribution in [2.24, 2.45) is 5.92 Å². The van der Waals surface area contributed by atoms with Crippen LogP contribution >= 0.6 is 12.0 Å². The van der Waals surface area contributed by atoms with Crippen LogP contribution in [0, 0.1) is 5.92 Å². The van der Waals surface area contributed by atoms with Gasteiger partial charge in [-0.05, 0) is 24.4 Å². The van der Waals surface area contributed by atoms with E-state index in [0.717, 1.165) is 23.7 Å². The van der Waals surface area contributed by atoms with Gasteiger partial charge in [-0.2, -0.15) is 0 Å². The lowest BCUT2D eigenvalue weighted by atomic mass is 10.0. The predicted octanol–water partition coefficient (Wildman–Crippen LogP) is 3.41. The zero-order valence-corrected chi connectivity index (χ0v) is 7.78. The van der Waals surface area contributed by atoms with Crippen molar-refractivity contribution in [3.8, 4) is 0 Å². The number of unbranched alkanes of at least 4 members (excludes halogenated alkanes) is 1. The normalized spacial score (nSPS) is 13.5. The van der Waals surface area contributed by atoms with Crippen molar-refractivity contribution in [1.29, 1.82) is 0 Å². The quantitative estimate of drug-likeness (QED) is 0.604. The van der Waals surface area contributed by atoms with Gasteiger partial charge in [0.15, 0.2) is 0 Å². The molecule has 10 heavy (non-hydrogen) atoms. The average molecular weight is 162 g/mol. The van der Waals surface area contributed by atoms with Crippen molar-refractivity contribution in [1.82, 2.24) is 0 Å². The van der Waals surface area contributed by atoms with E-state index in [0.29, 0.717) is 0 Å². The molecule has 0 saturated carbocycles.